The van der Waals surface area contributed by atoms with Gasteiger partial charge in [-0.25, -0.2) is 9.98 Å². The molecule has 2 aromatic rings. The summed E-state index contributed by atoms with van der Waals surface area (Å²) in [4.78, 5) is 16.4. The van der Waals surface area contributed by atoms with E-state index in [1.54, 1.807) is 19.2 Å². The van der Waals surface area contributed by atoms with Crippen LogP contribution in [0.25, 0.3) is 5.70 Å². The number of H-pyrrole nitrogens is 1. The van der Waals surface area contributed by atoms with E-state index in [4.69, 9.17) is 34.8 Å². The van der Waals surface area contributed by atoms with Crippen molar-refractivity contribution in [2.75, 3.05) is 25.5 Å². The van der Waals surface area contributed by atoms with Gasteiger partial charge in [0.2, 0.25) is 5.28 Å². The number of anilines is 1. The van der Waals surface area contributed by atoms with Gasteiger partial charge >= 0.3 is 0 Å². The molecule has 6 nitrogen and oxygen atoms in total. The second kappa shape index (κ2) is 17.2. The molecule has 192 valence electrons. The topological polar surface area (TPSA) is 77.5 Å². The first-order chi connectivity index (χ1) is 16.8. The Morgan fingerprint density at radius 1 is 1.06 bits per heavy atom. The molecule has 0 spiro atoms. The van der Waals surface area contributed by atoms with Gasteiger partial charge in [0.05, 0.1) is 15.7 Å². The van der Waals surface area contributed by atoms with Crippen LogP contribution in [0.2, 0.25) is 15.3 Å². The van der Waals surface area contributed by atoms with Crippen LogP contribution < -0.4 is 10.6 Å². The zero-order valence-corrected chi connectivity index (χ0v) is 23.3. The van der Waals surface area contributed by atoms with Crippen LogP contribution in [0.1, 0.15) is 63.6 Å². The molecule has 0 fully saturated rings. The fourth-order valence-corrected chi connectivity index (χ4v) is 3.70. The minimum Gasteiger partial charge on any atom is -0.384 e. The number of nitrogens with one attached hydrogen (secondary N) is 3. The van der Waals surface area contributed by atoms with Gasteiger partial charge in [0.1, 0.15) is 5.69 Å². The quantitative estimate of drug-likeness (QED) is 0.104. The first-order valence-electron chi connectivity index (χ1n) is 11.7. The third kappa shape index (κ3) is 10.9. The number of amidine groups is 1. The summed E-state index contributed by atoms with van der Waals surface area (Å²) in [5.41, 5.74) is 3.46. The number of hydrogen-bond acceptors (Lipinski definition) is 4. The smallest absolute Gasteiger partial charge is 0.202 e. The molecule has 1 heterocycles. The molecule has 0 bridgehead atoms. The van der Waals surface area contributed by atoms with Gasteiger partial charge < -0.3 is 15.6 Å². The highest BCUT2D eigenvalue weighted by atomic mass is 35.5. The van der Waals surface area contributed by atoms with E-state index in [-0.39, 0.29) is 0 Å². The Hall–Kier alpha value is -2.28. The van der Waals surface area contributed by atoms with Gasteiger partial charge in [-0.05, 0) is 62.4 Å². The van der Waals surface area contributed by atoms with E-state index in [1.165, 1.54) is 12.8 Å². The Kier molecular flexibility index (Phi) is 15.1. The van der Waals surface area contributed by atoms with Gasteiger partial charge in [0, 0.05) is 31.4 Å². The predicted octanol–water partition coefficient (Wildman–Crippen LogP) is 8.04. The third-order valence-electron chi connectivity index (χ3n) is 5.04. The minimum atomic E-state index is 0.348. The third-order valence-corrected chi connectivity index (χ3v) is 5.96. The Balaban J connectivity index is 0.00000298. The molecule has 1 aromatic heterocycles. The van der Waals surface area contributed by atoms with Crippen molar-refractivity contribution < 1.29 is 0 Å². The first-order valence-corrected chi connectivity index (χ1v) is 12.9. The van der Waals surface area contributed by atoms with Crippen LogP contribution in [0.4, 0.5) is 5.82 Å². The Morgan fingerprint density at radius 2 is 1.77 bits per heavy atom. The summed E-state index contributed by atoms with van der Waals surface area (Å²) in [6.07, 6.45) is 6.28. The highest BCUT2D eigenvalue weighted by Gasteiger charge is 2.12. The molecule has 35 heavy (non-hydrogen) atoms. The molecule has 0 radical (unpaired) electrons. The van der Waals surface area contributed by atoms with Gasteiger partial charge in [-0.1, -0.05) is 49.5 Å². The summed E-state index contributed by atoms with van der Waals surface area (Å²) in [6.45, 7) is 16.0. The number of rotatable bonds is 13. The molecule has 0 aliphatic carbocycles. The van der Waals surface area contributed by atoms with E-state index in [0.29, 0.717) is 21.2 Å². The molecular weight excluding hydrogens is 503 g/mol. The molecule has 3 N–H and O–H groups in total. The predicted molar refractivity (Wildman–Crippen MR) is 156 cm³/mol. The number of halogens is 3. The maximum Gasteiger partial charge on any atom is 0.202 e. The lowest BCUT2D eigenvalue weighted by atomic mass is 10.1. The highest BCUT2D eigenvalue weighted by molar-refractivity contribution is 6.42. The molecule has 0 aliphatic heterocycles. The molecule has 2 rings (SSSR count). The summed E-state index contributed by atoms with van der Waals surface area (Å²) in [7, 11) is 1.72. The molecule has 0 amide bonds. The van der Waals surface area contributed by atoms with E-state index in [0.717, 1.165) is 67.3 Å². The largest absolute Gasteiger partial charge is 0.384 e. The normalized spacial score (nSPS) is 11.6. The van der Waals surface area contributed by atoms with Gasteiger partial charge in [0.25, 0.3) is 0 Å². The monoisotopic (exact) mass is 538 g/mol. The van der Waals surface area contributed by atoms with Crippen LogP contribution in [0, 0.1) is 0 Å². The molecule has 0 saturated carbocycles. The standard InChI is InChI=1S/C24H33Cl3N6.C2H4/c1-5-6-8-13-29-17(3)21-23(33-24(27)32-21)30-14-9-7-10-16(2)31-22(28-4)18-11-12-19(25)20(26)15-18;1-2/h11-12,15,29-30H,3,5-10,13-14H2,1-2,4H3,(H,32,33);1-2H2. The number of aromatic amines is 1. The lowest BCUT2D eigenvalue weighted by Crippen LogP contribution is -2.14. The minimum absolute atomic E-state index is 0.348. The fraction of sp³-hybridized carbons (Fsp3) is 0.423. The van der Waals surface area contributed by atoms with E-state index in [9.17, 15) is 0 Å². The molecule has 1 aromatic carbocycles. The number of aromatic nitrogens is 2. The van der Waals surface area contributed by atoms with E-state index < -0.39 is 0 Å². The Morgan fingerprint density at radius 3 is 2.43 bits per heavy atom. The number of unbranched alkanes of at least 4 members (excludes halogenated alkanes) is 3. The van der Waals surface area contributed by atoms with Crippen molar-refractivity contribution in [3.05, 3.63) is 64.5 Å². The molecule has 9 heteroatoms. The van der Waals surface area contributed by atoms with E-state index in [2.05, 4.69) is 57.2 Å². The van der Waals surface area contributed by atoms with Gasteiger partial charge in [0.15, 0.2) is 11.7 Å². The molecule has 0 unspecified atom stereocenters. The maximum absolute atomic E-state index is 6.12. The summed E-state index contributed by atoms with van der Waals surface area (Å²) >= 11 is 18.2. The molecule has 0 aliphatic rings. The van der Waals surface area contributed by atoms with Crippen LogP contribution in [-0.2, 0) is 0 Å². The number of hydrogen-bond donors (Lipinski definition) is 3. The van der Waals surface area contributed by atoms with E-state index in [1.807, 2.05) is 13.0 Å². The summed E-state index contributed by atoms with van der Waals surface area (Å²) in [6, 6.07) is 5.41. The number of imidazole rings is 1. The van der Waals surface area contributed by atoms with Crippen LogP contribution >= 0.6 is 34.8 Å². The van der Waals surface area contributed by atoms with Crippen LogP contribution in [0.3, 0.4) is 0 Å². The SMILES string of the molecule is C=C.C=C(NCCCCC)c1[nH]c(Cl)nc1NCCCCC(C)=NC(=NC)c1ccc(Cl)c(Cl)c1. The van der Waals surface area contributed by atoms with E-state index >= 15 is 0 Å². The zero-order valence-electron chi connectivity index (χ0n) is 21.0. The summed E-state index contributed by atoms with van der Waals surface area (Å²) in [5, 5.41) is 8.06. The zero-order chi connectivity index (χ0) is 26.2. The van der Waals surface area contributed by atoms with Crippen molar-refractivity contribution in [1.82, 2.24) is 15.3 Å². The number of nitrogens with zero attached hydrogens (tertiary/aromatic N) is 3. The van der Waals surface area contributed by atoms with Crippen LogP contribution in [0.15, 0.2) is 47.9 Å². The van der Waals surface area contributed by atoms with Crippen molar-refractivity contribution in [2.24, 2.45) is 9.98 Å². The van der Waals surface area contributed by atoms with Crippen LogP contribution in [-0.4, -0.2) is 41.7 Å². The van der Waals surface area contributed by atoms with Gasteiger partial charge in [-0.2, -0.15) is 0 Å². The van der Waals surface area contributed by atoms with Crippen molar-refractivity contribution in [2.45, 2.75) is 52.4 Å². The molecule has 0 saturated heterocycles. The summed E-state index contributed by atoms with van der Waals surface area (Å²) < 4.78 is 0. The Labute approximate surface area is 225 Å². The average Bonchev–Trinajstić information content (AvgIpc) is 3.23. The van der Waals surface area contributed by atoms with Gasteiger partial charge in [-0.3, -0.25) is 4.99 Å². The van der Waals surface area contributed by atoms with Gasteiger partial charge in [-0.15, -0.1) is 13.2 Å². The molecule has 0 atom stereocenters. The number of aliphatic imine (C=N–C) groups is 2. The lowest BCUT2D eigenvalue weighted by Gasteiger charge is -2.11. The Bertz CT molecular complexity index is 997. The number of benzene rings is 1. The average molecular weight is 540 g/mol. The van der Waals surface area contributed by atoms with Crippen LogP contribution in [0.5, 0.6) is 0 Å². The second-order valence-electron chi connectivity index (χ2n) is 7.77. The maximum atomic E-state index is 6.12. The van der Waals surface area contributed by atoms with Crippen molar-refractivity contribution >= 4 is 57.9 Å². The van der Waals surface area contributed by atoms with Crippen molar-refractivity contribution in [1.29, 1.82) is 0 Å². The highest BCUT2D eigenvalue weighted by Crippen LogP contribution is 2.23. The second-order valence-corrected chi connectivity index (χ2v) is 8.94. The molecular formula is C26H37Cl3N6. The lowest BCUT2D eigenvalue weighted by molar-refractivity contribution is 0.689. The van der Waals surface area contributed by atoms with Crippen molar-refractivity contribution in [3.8, 4) is 0 Å². The fourth-order valence-electron chi connectivity index (χ4n) is 3.22. The summed E-state index contributed by atoms with van der Waals surface area (Å²) in [5.74, 6) is 1.36. The van der Waals surface area contributed by atoms with Crippen molar-refractivity contribution in [3.63, 3.8) is 0 Å². The first kappa shape index (κ1) is 30.8.